The van der Waals surface area contributed by atoms with Gasteiger partial charge in [-0.2, -0.15) is 5.10 Å². The molecule has 0 atom stereocenters. The Bertz CT molecular complexity index is 381. The van der Waals surface area contributed by atoms with E-state index in [0.29, 0.717) is 11.0 Å². The first-order valence-corrected chi connectivity index (χ1v) is 6.20. The van der Waals surface area contributed by atoms with E-state index in [1.54, 1.807) is 0 Å². The van der Waals surface area contributed by atoms with Gasteiger partial charge in [-0.1, -0.05) is 46.2 Å². The van der Waals surface area contributed by atoms with Crippen LogP contribution in [0.25, 0.3) is 0 Å². The van der Waals surface area contributed by atoms with Crippen LogP contribution < -0.4 is 0 Å². The molecule has 0 bridgehead atoms. The van der Waals surface area contributed by atoms with Gasteiger partial charge in [-0.15, -0.1) is 16.7 Å². The molecule has 0 amide bonds. The summed E-state index contributed by atoms with van der Waals surface area (Å²) in [6.45, 7) is 10.4. The first-order chi connectivity index (χ1) is 7.18. The van der Waals surface area contributed by atoms with Crippen LogP contribution in [-0.2, 0) is 10.8 Å². The molecule has 0 aliphatic heterocycles. The Balaban J connectivity index is 3.30. The fourth-order valence-electron chi connectivity index (χ4n) is 1.29. The van der Waals surface area contributed by atoms with Crippen LogP contribution >= 0.6 is 23.2 Å². The highest BCUT2D eigenvalue weighted by Crippen LogP contribution is 2.32. The number of aromatic nitrogens is 2. The van der Waals surface area contributed by atoms with Crippen LogP contribution in [-0.4, -0.2) is 16.1 Å². The summed E-state index contributed by atoms with van der Waals surface area (Å²) in [5, 5.41) is 8.59. The Labute approximate surface area is 107 Å². The van der Waals surface area contributed by atoms with Gasteiger partial charge < -0.3 is 0 Å². The quantitative estimate of drug-likeness (QED) is 0.753. The maximum atomic E-state index is 6.08. The molecule has 16 heavy (non-hydrogen) atoms. The zero-order valence-electron chi connectivity index (χ0n) is 10.4. The monoisotopic (exact) mass is 260 g/mol. The molecule has 0 aliphatic rings. The van der Waals surface area contributed by atoms with Crippen molar-refractivity contribution in [2.45, 2.75) is 45.4 Å². The lowest BCUT2D eigenvalue weighted by molar-refractivity contribution is 0.542. The highest BCUT2D eigenvalue weighted by Gasteiger charge is 2.26. The molecule has 1 rings (SSSR count). The second-order valence-electron chi connectivity index (χ2n) is 5.70. The maximum absolute atomic E-state index is 6.08. The van der Waals surface area contributed by atoms with Crippen molar-refractivity contribution in [3.05, 3.63) is 22.5 Å². The highest BCUT2D eigenvalue weighted by atomic mass is 35.5. The molecule has 1 heterocycles. The summed E-state index contributed by atoms with van der Waals surface area (Å²) in [5.74, 6) is 0.502. The lowest BCUT2D eigenvalue weighted by Crippen LogP contribution is -2.23. The molecular weight excluding hydrogens is 243 g/mol. The molecule has 0 unspecified atom stereocenters. The molecule has 0 fully saturated rings. The molecule has 0 radical (unpaired) electrons. The van der Waals surface area contributed by atoms with Crippen molar-refractivity contribution in [1.29, 1.82) is 0 Å². The summed E-state index contributed by atoms with van der Waals surface area (Å²) in [6, 6.07) is 2.01. The van der Waals surface area contributed by atoms with Crippen molar-refractivity contribution in [2.24, 2.45) is 0 Å². The van der Waals surface area contributed by atoms with Gasteiger partial charge in [-0.3, -0.25) is 0 Å². The molecule has 1 aromatic heterocycles. The minimum atomic E-state index is -0.186. The lowest BCUT2D eigenvalue weighted by Gasteiger charge is -2.25. The molecule has 0 aromatic carbocycles. The van der Waals surface area contributed by atoms with Crippen molar-refractivity contribution < 1.29 is 0 Å². The molecule has 0 saturated heterocycles. The van der Waals surface area contributed by atoms with E-state index in [4.69, 9.17) is 23.2 Å². The van der Waals surface area contributed by atoms with Crippen LogP contribution in [0.15, 0.2) is 6.07 Å². The Morgan fingerprint density at radius 2 is 1.69 bits per heavy atom. The van der Waals surface area contributed by atoms with Crippen molar-refractivity contribution in [3.63, 3.8) is 0 Å². The molecule has 0 spiro atoms. The van der Waals surface area contributed by atoms with Gasteiger partial charge in [-0.05, 0) is 6.07 Å². The zero-order valence-corrected chi connectivity index (χ0v) is 11.9. The standard InChI is InChI=1S/C12H18Cl2N2/c1-11(2,3)9-6-8(10(14)16-15-9)12(4,5)7-13/h6H,7H2,1-5H3. The normalized spacial score (nSPS) is 12.9. The van der Waals surface area contributed by atoms with Gasteiger partial charge in [0.05, 0.1) is 5.69 Å². The van der Waals surface area contributed by atoms with Gasteiger partial charge in [0.15, 0.2) is 5.15 Å². The van der Waals surface area contributed by atoms with E-state index in [1.807, 2.05) is 6.07 Å². The number of hydrogen-bond acceptors (Lipinski definition) is 2. The van der Waals surface area contributed by atoms with E-state index < -0.39 is 0 Å². The first kappa shape index (κ1) is 13.7. The number of halogens is 2. The van der Waals surface area contributed by atoms with E-state index in [-0.39, 0.29) is 10.8 Å². The molecular formula is C12H18Cl2N2. The van der Waals surface area contributed by atoms with Crippen molar-refractivity contribution in [1.82, 2.24) is 10.2 Å². The van der Waals surface area contributed by atoms with Crippen molar-refractivity contribution in [2.75, 3.05) is 5.88 Å². The summed E-state index contributed by atoms with van der Waals surface area (Å²) in [6.07, 6.45) is 0. The topological polar surface area (TPSA) is 25.8 Å². The molecule has 4 heteroatoms. The summed E-state index contributed by atoms with van der Waals surface area (Å²) >= 11 is 12.0. The SMILES string of the molecule is CC(C)(C)c1cc(C(C)(C)CCl)c(Cl)nn1. The van der Waals surface area contributed by atoms with Gasteiger partial charge >= 0.3 is 0 Å². The second kappa shape index (κ2) is 4.50. The van der Waals surface area contributed by atoms with E-state index >= 15 is 0 Å². The third-order valence-corrected chi connectivity index (χ3v) is 3.53. The third kappa shape index (κ3) is 2.86. The van der Waals surface area contributed by atoms with E-state index in [0.717, 1.165) is 11.3 Å². The average Bonchev–Trinajstić information content (AvgIpc) is 2.16. The fraction of sp³-hybridized carbons (Fsp3) is 0.667. The zero-order chi connectivity index (χ0) is 12.6. The third-order valence-electron chi connectivity index (χ3n) is 2.58. The van der Waals surface area contributed by atoms with E-state index in [9.17, 15) is 0 Å². The summed E-state index contributed by atoms with van der Waals surface area (Å²) in [4.78, 5) is 0. The van der Waals surface area contributed by atoms with Crippen LogP contribution in [0.2, 0.25) is 5.15 Å². The van der Waals surface area contributed by atoms with Crippen LogP contribution in [0.5, 0.6) is 0 Å². The minimum Gasteiger partial charge on any atom is -0.154 e. The summed E-state index contributed by atoms with van der Waals surface area (Å²) < 4.78 is 0. The highest BCUT2D eigenvalue weighted by molar-refractivity contribution is 6.30. The molecule has 0 saturated carbocycles. The Kier molecular flexibility index (Phi) is 3.86. The minimum absolute atomic E-state index is 0.0330. The predicted molar refractivity (Wildman–Crippen MR) is 69.5 cm³/mol. The molecule has 0 aliphatic carbocycles. The molecule has 2 nitrogen and oxygen atoms in total. The first-order valence-electron chi connectivity index (χ1n) is 5.28. The van der Waals surface area contributed by atoms with Crippen LogP contribution in [0.3, 0.4) is 0 Å². The van der Waals surface area contributed by atoms with E-state index in [2.05, 4.69) is 44.8 Å². The van der Waals surface area contributed by atoms with Gasteiger partial charge in [0.25, 0.3) is 0 Å². The number of alkyl halides is 1. The van der Waals surface area contributed by atoms with E-state index in [1.165, 1.54) is 0 Å². The largest absolute Gasteiger partial charge is 0.155 e. The molecule has 90 valence electrons. The Morgan fingerprint density at radius 1 is 1.12 bits per heavy atom. The Hall–Kier alpha value is -0.340. The smallest absolute Gasteiger partial charge is 0.154 e. The van der Waals surface area contributed by atoms with Gasteiger partial charge in [0, 0.05) is 22.3 Å². The molecule has 1 aromatic rings. The predicted octanol–water partition coefficient (Wildman–Crippen LogP) is 3.94. The second-order valence-corrected chi connectivity index (χ2v) is 6.33. The fourth-order valence-corrected chi connectivity index (χ4v) is 1.78. The summed E-state index contributed by atoms with van der Waals surface area (Å²) in [5.41, 5.74) is 1.68. The van der Waals surface area contributed by atoms with Crippen molar-refractivity contribution >= 4 is 23.2 Å². The Morgan fingerprint density at radius 3 is 2.12 bits per heavy atom. The molecule has 0 N–H and O–H groups in total. The van der Waals surface area contributed by atoms with Crippen LogP contribution in [0.4, 0.5) is 0 Å². The number of nitrogens with zero attached hydrogens (tertiary/aromatic N) is 2. The van der Waals surface area contributed by atoms with Gasteiger partial charge in [-0.25, -0.2) is 0 Å². The number of hydrogen-bond donors (Lipinski definition) is 0. The lowest BCUT2D eigenvalue weighted by atomic mass is 9.84. The van der Waals surface area contributed by atoms with Crippen LogP contribution in [0, 0.1) is 0 Å². The average molecular weight is 261 g/mol. The maximum Gasteiger partial charge on any atom is 0.155 e. The number of rotatable bonds is 2. The van der Waals surface area contributed by atoms with Gasteiger partial charge in [0.1, 0.15) is 0 Å². The van der Waals surface area contributed by atoms with Crippen LogP contribution in [0.1, 0.15) is 45.9 Å². The van der Waals surface area contributed by atoms with Crippen molar-refractivity contribution in [3.8, 4) is 0 Å². The van der Waals surface area contributed by atoms with Gasteiger partial charge in [0.2, 0.25) is 0 Å². The summed E-state index contributed by atoms with van der Waals surface area (Å²) in [7, 11) is 0.